The van der Waals surface area contributed by atoms with Crippen LogP contribution in [0.25, 0.3) is 0 Å². The Hall–Kier alpha value is -1.57. The molecule has 0 spiro atoms. The van der Waals surface area contributed by atoms with Crippen molar-refractivity contribution >= 4 is 5.91 Å². The second-order valence-corrected chi connectivity index (χ2v) is 8.49. The van der Waals surface area contributed by atoms with Gasteiger partial charge in [0.15, 0.2) is 0 Å². The molecule has 2 heteroatoms. The zero-order valence-electron chi connectivity index (χ0n) is 15.5. The molecule has 134 valence electrons. The SMILES string of the molecule is C=CCN(C(=O)C1Cc2ccccc21)C1CCC2CC(CC)CC1C2. The summed E-state index contributed by atoms with van der Waals surface area (Å²) in [5, 5.41) is 0. The third-order valence-electron chi connectivity index (χ3n) is 7.09. The van der Waals surface area contributed by atoms with Crippen LogP contribution >= 0.6 is 0 Å². The summed E-state index contributed by atoms with van der Waals surface area (Å²) in [4.78, 5) is 15.6. The van der Waals surface area contributed by atoms with E-state index in [0.29, 0.717) is 24.4 Å². The van der Waals surface area contributed by atoms with E-state index in [4.69, 9.17) is 0 Å². The predicted octanol–water partition coefficient (Wildman–Crippen LogP) is 4.95. The second-order valence-electron chi connectivity index (χ2n) is 8.49. The fourth-order valence-corrected chi connectivity index (χ4v) is 5.76. The first kappa shape index (κ1) is 16.9. The number of rotatable bonds is 5. The lowest BCUT2D eigenvalue weighted by molar-refractivity contribution is -0.138. The van der Waals surface area contributed by atoms with Gasteiger partial charge in [-0.1, -0.05) is 43.7 Å². The van der Waals surface area contributed by atoms with Crippen molar-refractivity contribution < 1.29 is 4.79 Å². The summed E-state index contributed by atoms with van der Waals surface area (Å²) >= 11 is 0. The molecule has 0 N–H and O–H groups in total. The molecular weight excluding hydrogens is 306 g/mol. The maximum atomic E-state index is 13.4. The van der Waals surface area contributed by atoms with Crippen LogP contribution in [0.4, 0.5) is 0 Å². The Labute approximate surface area is 152 Å². The van der Waals surface area contributed by atoms with Crippen LogP contribution in [0.3, 0.4) is 0 Å². The Morgan fingerprint density at radius 2 is 2.08 bits per heavy atom. The van der Waals surface area contributed by atoms with Gasteiger partial charge >= 0.3 is 0 Å². The summed E-state index contributed by atoms with van der Waals surface area (Å²) in [6, 6.07) is 8.88. The van der Waals surface area contributed by atoms with Crippen LogP contribution in [0.5, 0.6) is 0 Å². The monoisotopic (exact) mass is 337 g/mol. The Bertz CT molecular complexity index is 651. The van der Waals surface area contributed by atoms with Gasteiger partial charge < -0.3 is 4.90 Å². The molecule has 1 amide bonds. The molecule has 5 unspecified atom stereocenters. The first-order chi connectivity index (χ1) is 12.2. The zero-order valence-corrected chi connectivity index (χ0v) is 15.5. The Balaban J connectivity index is 1.53. The average molecular weight is 338 g/mol. The molecule has 2 nitrogen and oxygen atoms in total. The Morgan fingerprint density at radius 1 is 1.24 bits per heavy atom. The van der Waals surface area contributed by atoms with Gasteiger partial charge in [0.05, 0.1) is 5.92 Å². The van der Waals surface area contributed by atoms with Crippen LogP contribution in [-0.4, -0.2) is 23.4 Å². The van der Waals surface area contributed by atoms with E-state index in [2.05, 4.69) is 42.7 Å². The molecule has 0 aliphatic heterocycles. The summed E-state index contributed by atoms with van der Waals surface area (Å²) < 4.78 is 0. The molecule has 2 bridgehead atoms. The topological polar surface area (TPSA) is 20.3 Å². The minimum absolute atomic E-state index is 0.0828. The van der Waals surface area contributed by atoms with Crippen molar-refractivity contribution in [1.82, 2.24) is 4.90 Å². The van der Waals surface area contributed by atoms with Gasteiger partial charge in [0.2, 0.25) is 5.91 Å². The van der Waals surface area contributed by atoms with Gasteiger partial charge in [-0.15, -0.1) is 6.58 Å². The minimum Gasteiger partial charge on any atom is -0.335 e. The maximum absolute atomic E-state index is 13.4. The molecular formula is C23H31NO. The fourth-order valence-electron chi connectivity index (χ4n) is 5.76. The van der Waals surface area contributed by atoms with Crippen molar-refractivity contribution in [2.75, 3.05) is 6.54 Å². The van der Waals surface area contributed by atoms with Crippen molar-refractivity contribution in [1.29, 1.82) is 0 Å². The highest BCUT2D eigenvalue weighted by molar-refractivity contribution is 5.87. The van der Waals surface area contributed by atoms with E-state index >= 15 is 0 Å². The van der Waals surface area contributed by atoms with E-state index in [1.54, 1.807) is 0 Å². The number of hydrogen-bond donors (Lipinski definition) is 0. The average Bonchev–Trinajstić information content (AvgIpc) is 2.61. The number of carbonyl (C=O) groups excluding carboxylic acids is 1. The molecule has 2 saturated carbocycles. The standard InChI is InChI=1S/C23H31NO/c1-3-11-24(23(25)21-15-18-7-5-6-8-20(18)21)22-10-9-17-12-16(4-2)13-19(22)14-17/h3,5-8,16-17,19,21-22H,1,4,9-15H2,2H3. The van der Waals surface area contributed by atoms with E-state index in [-0.39, 0.29) is 5.92 Å². The maximum Gasteiger partial charge on any atom is 0.231 e. The lowest BCUT2D eigenvalue weighted by Gasteiger charge is -2.48. The molecule has 3 aliphatic carbocycles. The number of carbonyl (C=O) groups is 1. The Kier molecular flexibility index (Phi) is 4.71. The van der Waals surface area contributed by atoms with Crippen molar-refractivity contribution in [3.63, 3.8) is 0 Å². The van der Waals surface area contributed by atoms with Crippen LogP contribution in [0.15, 0.2) is 36.9 Å². The number of amides is 1. The van der Waals surface area contributed by atoms with E-state index in [1.807, 2.05) is 6.08 Å². The van der Waals surface area contributed by atoms with Crippen molar-refractivity contribution in [2.24, 2.45) is 17.8 Å². The van der Waals surface area contributed by atoms with Crippen LogP contribution in [0.1, 0.15) is 62.5 Å². The predicted molar refractivity (Wildman–Crippen MR) is 102 cm³/mol. The third kappa shape index (κ3) is 3.05. The molecule has 2 fully saturated rings. The first-order valence-corrected chi connectivity index (χ1v) is 10.2. The van der Waals surface area contributed by atoms with Crippen LogP contribution in [0.2, 0.25) is 0 Å². The largest absolute Gasteiger partial charge is 0.335 e. The highest BCUT2D eigenvalue weighted by Gasteiger charge is 2.43. The van der Waals surface area contributed by atoms with Gasteiger partial charge in [-0.05, 0) is 67.4 Å². The van der Waals surface area contributed by atoms with Gasteiger partial charge in [0.25, 0.3) is 0 Å². The van der Waals surface area contributed by atoms with Crippen molar-refractivity contribution in [3.05, 3.63) is 48.0 Å². The molecule has 3 aliphatic rings. The normalized spacial score (nSPS) is 33.1. The highest BCUT2D eigenvalue weighted by Crippen LogP contribution is 2.46. The van der Waals surface area contributed by atoms with Crippen LogP contribution in [0, 0.1) is 17.8 Å². The summed E-state index contributed by atoms with van der Waals surface area (Å²) in [6.45, 7) is 6.98. The number of fused-ring (bicyclic) bond motifs is 3. The van der Waals surface area contributed by atoms with E-state index < -0.39 is 0 Å². The summed E-state index contributed by atoms with van der Waals surface area (Å²) in [5.74, 6) is 2.92. The van der Waals surface area contributed by atoms with Crippen molar-refractivity contribution in [3.8, 4) is 0 Å². The molecule has 25 heavy (non-hydrogen) atoms. The van der Waals surface area contributed by atoms with Crippen LogP contribution in [-0.2, 0) is 11.2 Å². The van der Waals surface area contributed by atoms with E-state index in [9.17, 15) is 4.79 Å². The number of benzene rings is 1. The number of nitrogens with zero attached hydrogens (tertiary/aromatic N) is 1. The highest BCUT2D eigenvalue weighted by atomic mass is 16.2. The Morgan fingerprint density at radius 3 is 2.84 bits per heavy atom. The molecule has 0 radical (unpaired) electrons. The van der Waals surface area contributed by atoms with E-state index in [1.165, 1.54) is 49.7 Å². The smallest absolute Gasteiger partial charge is 0.231 e. The molecule has 5 atom stereocenters. The second kappa shape index (κ2) is 6.97. The third-order valence-corrected chi connectivity index (χ3v) is 7.09. The quantitative estimate of drug-likeness (QED) is 0.697. The van der Waals surface area contributed by atoms with Gasteiger partial charge in [-0.3, -0.25) is 4.79 Å². The van der Waals surface area contributed by atoms with Gasteiger partial charge in [-0.25, -0.2) is 0 Å². The molecule has 0 heterocycles. The lowest BCUT2D eigenvalue weighted by Crippen LogP contribution is -2.51. The van der Waals surface area contributed by atoms with Crippen molar-refractivity contribution in [2.45, 2.75) is 63.8 Å². The zero-order chi connectivity index (χ0) is 17.4. The molecule has 0 saturated heterocycles. The van der Waals surface area contributed by atoms with Crippen LogP contribution < -0.4 is 0 Å². The van der Waals surface area contributed by atoms with Gasteiger partial charge in [0, 0.05) is 12.6 Å². The fraction of sp³-hybridized carbons (Fsp3) is 0.609. The molecule has 0 aromatic heterocycles. The summed E-state index contributed by atoms with van der Waals surface area (Å²) in [7, 11) is 0. The summed E-state index contributed by atoms with van der Waals surface area (Å²) in [6.07, 6.45) is 10.7. The van der Waals surface area contributed by atoms with Gasteiger partial charge in [0.1, 0.15) is 0 Å². The molecule has 1 aromatic rings. The minimum atomic E-state index is 0.0828. The summed E-state index contributed by atoms with van der Waals surface area (Å²) in [5.41, 5.74) is 2.61. The van der Waals surface area contributed by atoms with Gasteiger partial charge in [-0.2, -0.15) is 0 Å². The lowest BCUT2D eigenvalue weighted by atomic mass is 9.64. The molecule has 1 aromatic carbocycles. The first-order valence-electron chi connectivity index (χ1n) is 10.2. The van der Waals surface area contributed by atoms with E-state index in [0.717, 1.165) is 18.3 Å². The molecule has 4 rings (SSSR count). The number of hydrogen-bond acceptors (Lipinski definition) is 1.